The number of anilines is 1. The molecule has 0 spiro atoms. The van der Waals surface area contributed by atoms with Crippen LogP contribution in [0.2, 0.25) is 0 Å². The maximum atomic E-state index is 12.8. The fourth-order valence-electron chi connectivity index (χ4n) is 3.17. The molecule has 1 amide bonds. The highest BCUT2D eigenvalue weighted by atomic mass is 79.9. The lowest BCUT2D eigenvalue weighted by atomic mass is 10.1. The van der Waals surface area contributed by atoms with Crippen LogP contribution in [0.1, 0.15) is 38.5 Å². The molecule has 0 bridgehead atoms. The van der Waals surface area contributed by atoms with E-state index >= 15 is 0 Å². The number of nitrogens with one attached hydrogen (secondary N) is 1. The SMILES string of the molecule is Cc1ccc(OCc2c(C(=O)Nc3ccn(Cc4ccc(Br)cc4)n3)noc2C)cc1C. The van der Waals surface area contributed by atoms with Gasteiger partial charge in [-0.2, -0.15) is 5.10 Å². The van der Waals surface area contributed by atoms with Crippen molar-refractivity contribution in [1.29, 1.82) is 0 Å². The molecule has 4 aromatic rings. The van der Waals surface area contributed by atoms with Gasteiger partial charge < -0.3 is 14.6 Å². The van der Waals surface area contributed by atoms with Gasteiger partial charge in [0.15, 0.2) is 11.5 Å². The van der Waals surface area contributed by atoms with Crippen molar-refractivity contribution >= 4 is 27.7 Å². The van der Waals surface area contributed by atoms with Gasteiger partial charge in [0.25, 0.3) is 5.91 Å². The normalized spacial score (nSPS) is 10.9. The van der Waals surface area contributed by atoms with Gasteiger partial charge in [0.05, 0.1) is 12.1 Å². The number of carbonyl (C=O) groups is 1. The van der Waals surface area contributed by atoms with Gasteiger partial charge >= 0.3 is 0 Å². The highest BCUT2D eigenvalue weighted by Gasteiger charge is 2.21. The van der Waals surface area contributed by atoms with Crippen LogP contribution in [0.15, 0.2) is 63.7 Å². The highest BCUT2D eigenvalue weighted by molar-refractivity contribution is 9.10. The molecule has 2 aromatic heterocycles. The van der Waals surface area contributed by atoms with E-state index in [-0.39, 0.29) is 12.3 Å². The van der Waals surface area contributed by atoms with Crippen molar-refractivity contribution in [2.45, 2.75) is 33.9 Å². The van der Waals surface area contributed by atoms with Crippen LogP contribution in [0.5, 0.6) is 5.75 Å². The van der Waals surface area contributed by atoms with Crippen molar-refractivity contribution in [1.82, 2.24) is 14.9 Å². The van der Waals surface area contributed by atoms with Crippen LogP contribution >= 0.6 is 15.9 Å². The Bertz CT molecular complexity index is 1240. The third-order valence-corrected chi connectivity index (χ3v) is 5.73. The van der Waals surface area contributed by atoms with Crippen molar-refractivity contribution in [2.75, 3.05) is 5.32 Å². The standard InChI is InChI=1S/C24H23BrN4O3/c1-15-4-9-20(12-16(15)2)31-14-21-17(3)32-28-23(21)24(30)26-22-10-11-29(27-22)13-18-5-7-19(25)8-6-18/h4-12H,13-14H2,1-3H3,(H,26,27,30). The Morgan fingerprint density at radius 1 is 1.09 bits per heavy atom. The summed E-state index contributed by atoms with van der Waals surface area (Å²) in [5, 5.41) is 11.1. The van der Waals surface area contributed by atoms with Crippen molar-refractivity contribution in [2.24, 2.45) is 0 Å². The molecule has 0 radical (unpaired) electrons. The Labute approximate surface area is 194 Å². The first-order valence-electron chi connectivity index (χ1n) is 10.1. The Morgan fingerprint density at radius 2 is 1.88 bits per heavy atom. The smallest absolute Gasteiger partial charge is 0.279 e. The summed E-state index contributed by atoms with van der Waals surface area (Å²) in [6, 6.07) is 15.6. The van der Waals surface area contributed by atoms with E-state index in [0.717, 1.165) is 21.3 Å². The molecule has 0 unspecified atom stereocenters. The summed E-state index contributed by atoms with van der Waals surface area (Å²) in [4.78, 5) is 12.8. The molecular formula is C24H23BrN4O3. The minimum absolute atomic E-state index is 0.179. The predicted molar refractivity (Wildman–Crippen MR) is 125 cm³/mol. The van der Waals surface area contributed by atoms with Crippen LogP contribution in [0, 0.1) is 20.8 Å². The second-order valence-electron chi connectivity index (χ2n) is 7.58. The van der Waals surface area contributed by atoms with Crippen molar-refractivity contribution < 1.29 is 14.1 Å². The maximum Gasteiger partial charge on any atom is 0.279 e. The number of halogens is 1. The number of benzene rings is 2. The molecule has 1 N–H and O–H groups in total. The third-order valence-electron chi connectivity index (χ3n) is 5.20. The van der Waals surface area contributed by atoms with E-state index in [1.165, 1.54) is 5.56 Å². The van der Waals surface area contributed by atoms with E-state index in [0.29, 0.717) is 23.7 Å². The Kier molecular flexibility index (Phi) is 6.41. The molecule has 4 rings (SSSR count). The van der Waals surface area contributed by atoms with Gasteiger partial charge in [-0.25, -0.2) is 0 Å². The second-order valence-corrected chi connectivity index (χ2v) is 8.50. The summed E-state index contributed by atoms with van der Waals surface area (Å²) in [7, 11) is 0. The lowest BCUT2D eigenvalue weighted by Crippen LogP contribution is -2.16. The first-order valence-corrected chi connectivity index (χ1v) is 10.9. The summed E-state index contributed by atoms with van der Waals surface area (Å²) >= 11 is 3.43. The van der Waals surface area contributed by atoms with E-state index in [1.807, 2.05) is 62.5 Å². The number of ether oxygens (including phenoxy) is 1. The highest BCUT2D eigenvalue weighted by Crippen LogP contribution is 2.21. The number of aromatic nitrogens is 3. The maximum absolute atomic E-state index is 12.8. The quantitative estimate of drug-likeness (QED) is 0.369. The van der Waals surface area contributed by atoms with Crippen LogP contribution < -0.4 is 10.1 Å². The molecule has 164 valence electrons. The summed E-state index contributed by atoms with van der Waals surface area (Å²) in [6.45, 7) is 6.61. The van der Waals surface area contributed by atoms with Gasteiger partial charge in [0.1, 0.15) is 18.1 Å². The molecule has 0 fully saturated rings. The van der Waals surface area contributed by atoms with Crippen LogP contribution in [0.25, 0.3) is 0 Å². The first-order chi connectivity index (χ1) is 15.4. The summed E-state index contributed by atoms with van der Waals surface area (Å²) < 4.78 is 13.9. The van der Waals surface area contributed by atoms with Crippen molar-refractivity contribution in [3.8, 4) is 5.75 Å². The molecular weight excluding hydrogens is 472 g/mol. The predicted octanol–water partition coefficient (Wildman–Crippen LogP) is 5.44. The van der Waals surface area contributed by atoms with Gasteiger partial charge in [-0.3, -0.25) is 9.48 Å². The molecule has 2 aromatic carbocycles. The summed E-state index contributed by atoms with van der Waals surface area (Å²) in [5.74, 6) is 1.31. The third kappa shape index (κ3) is 5.08. The number of hydrogen-bond acceptors (Lipinski definition) is 5. The number of carbonyl (C=O) groups excluding carboxylic acids is 1. The fourth-order valence-corrected chi connectivity index (χ4v) is 3.43. The van der Waals surface area contributed by atoms with E-state index in [1.54, 1.807) is 17.7 Å². The second kappa shape index (κ2) is 9.40. The van der Waals surface area contributed by atoms with Gasteiger partial charge in [0.2, 0.25) is 0 Å². The number of hydrogen-bond donors (Lipinski definition) is 1. The van der Waals surface area contributed by atoms with Crippen LogP contribution in [0.4, 0.5) is 5.82 Å². The minimum Gasteiger partial charge on any atom is -0.489 e. The Morgan fingerprint density at radius 3 is 2.62 bits per heavy atom. The summed E-state index contributed by atoms with van der Waals surface area (Å²) in [5.41, 5.74) is 4.23. The molecule has 32 heavy (non-hydrogen) atoms. The monoisotopic (exact) mass is 494 g/mol. The van der Waals surface area contributed by atoms with Gasteiger partial charge in [-0.1, -0.05) is 39.3 Å². The van der Waals surface area contributed by atoms with E-state index in [9.17, 15) is 4.79 Å². The number of amides is 1. The zero-order chi connectivity index (χ0) is 22.7. The largest absolute Gasteiger partial charge is 0.489 e. The van der Waals surface area contributed by atoms with Gasteiger partial charge in [-0.15, -0.1) is 0 Å². The molecule has 0 aliphatic rings. The van der Waals surface area contributed by atoms with Crippen LogP contribution in [-0.4, -0.2) is 20.8 Å². The lowest BCUT2D eigenvalue weighted by molar-refractivity contribution is 0.101. The molecule has 0 saturated heterocycles. The van der Waals surface area contributed by atoms with Crippen molar-refractivity contribution in [3.05, 3.63) is 92.9 Å². The summed E-state index contributed by atoms with van der Waals surface area (Å²) in [6.07, 6.45) is 1.81. The molecule has 7 nitrogen and oxygen atoms in total. The number of nitrogens with zero attached hydrogens (tertiary/aromatic N) is 3. The molecule has 0 aliphatic heterocycles. The number of aryl methyl sites for hydroxylation is 3. The Hall–Kier alpha value is -3.39. The average molecular weight is 495 g/mol. The molecule has 0 aliphatic carbocycles. The minimum atomic E-state index is -0.394. The number of rotatable bonds is 7. The van der Waals surface area contributed by atoms with Gasteiger partial charge in [-0.05, 0) is 61.7 Å². The Balaban J connectivity index is 1.42. The topological polar surface area (TPSA) is 82.2 Å². The average Bonchev–Trinajstić information content (AvgIpc) is 3.36. The molecule has 2 heterocycles. The van der Waals surface area contributed by atoms with Crippen LogP contribution in [0.3, 0.4) is 0 Å². The lowest BCUT2D eigenvalue weighted by Gasteiger charge is -2.08. The molecule has 0 saturated carbocycles. The van der Waals surface area contributed by atoms with E-state index in [2.05, 4.69) is 31.5 Å². The zero-order valence-electron chi connectivity index (χ0n) is 18.1. The van der Waals surface area contributed by atoms with Gasteiger partial charge in [0, 0.05) is 16.7 Å². The first kappa shape index (κ1) is 21.8. The van der Waals surface area contributed by atoms with E-state index in [4.69, 9.17) is 9.26 Å². The molecule has 8 heteroatoms. The van der Waals surface area contributed by atoms with Crippen LogP contribution in [-0.2, 0) is 13.2 Å². The fraction of sp³-hybridized carbons (Fsp3) is 0.208. The molecule has 0 atom stereocenters. The van der Waals surface area contributed by atoms with Crippen molar-refractivity contribution in [3.63, 3.8) is 0 Å². The zero-order valence-corrected chi connectivity index (χ0v) is 19.6. The van der Waals surface area contributed by atoms with E-state index < -0.39 is 5.91 Å².